The molecule has 0 saturated heterocycles. The maximum atomic E-state index is 11.4. The normalized spacial score (nSPS) is 13.5. The van der Waals surface area contributed by atoms with E-state index in [0.717, 1.165) is 28.4 Å². The molecule has 0 spiro atoms. The van der Waals surface area contributed by atoms with Crippen molar-refractivity contribution in [2.24, 2.45) is 0 Å². The first-order valence-corrected chi connectivity index (χ1v) is 11.9. The van der Waals surface area contributed by atoms with Gasteiger partial charge in [0.05, 0.1) is 17.5 Å². The van der Waals surface area contributed by atoms with Crippen molar-refractivity contribution in [2.75, 3.05) is 23.9 Å². The lowest BCUT2D eigenvalue weighted by Gasteiger charge is -2.26. The second-order valence-corrected chi connectivity index (χ2v) is 9.59. The van der Waals surface area contributed by atoms with Crippen LogP contribution < -0.4 is 14.5 Å². The van der Waals surface area contributed by atoms with Gasteiger partial charge in [-0.1, -0.05) is 30.3 Å². The van der Waals surface area contributed by atoms with Gasteiger partial charge in [0.25, 0.3) is 10.0 Å². The number of sulfonamides is 1. The molecule has 0 saturated carbocycles. The van der Waals surface area contributed by atoms with Crippen LogP contribution in [0.4, 0.5) is 5.69 Å². The van der Waals surface area contributed by atoms with Crippen LogP contribution in [0.15, 0.2) is 66.7 Å². The number of halogens is 1. The molecule has 4 N–H and O–H groups in total. The summed E-state index contributed by atoms with van der Waals surface area (Å²) in [6, 6.07) is 19.9. The summed E-state index contributed by atoms with van der Waals surface area (Å²) in [4.78, 5) is 3.38. The molecule has 1 aromatic heterocycles. The van der Waals surface area contributed by atoms with E-state index in [0.29, 0.717) is 18.7 Å². The Bertz CT molecular complexity index is 1350. The molecule has 8 nitrogen and oxygen atoms in total. The van der Waals surface area contributed by atoms with Gasteiger partial charge < -0.3 is 14.8 Å². The molecule has 4 aromatic rings. The van der Waals surface area contributed by atoms with Crippen LogP contribution in [-0.4, -0.2) is 43.1 Å². The molecule has 1 atom stereocenters. The van der Waals surface area contributed by atoms with E-state index in [1.165, 1.54) is 17.5 Å². The lowest BCUT2D eigenvalue weighted by Crippen LogP contribution is -2.41. The van der Waals surface area contributed by atoms with Gasteiger partial charge in [-0.05, 0) is 42.8 Å². The van der Waals surface area contributed by atoms with Gasteiger partial charge in [-0.25, -0.2) is 8.42 Å². The summed E-state index contributed by atoms with van der Waals surface area (Å²) in [5.74, 6) is 0.721. The quantitative estimate of drug-likeness (QED) is 0.169. The lowest BCUT2D eigenvalue weighted by atomic mass is 10.0. The summed E-state index contributed by atoms with van der Waals surface area (Å²) in [5, 5.41) is 25.7. The number of anilines is 1. The van der Waals surface area contributed by atoms with Crippen LogP contribution in [0.25, 0.3) is 21.8 Å². The molecule has 0 unspecified atom stereocenters. The number of para-hydroxylation sites is 1. The number of fused-ring (bicyclic) bond motifs is 3. The third-order valence-electron chi connectivity index (χ3n) is 5.28. The number of aliphatic hydroxyl groups is 1. The molecular formula is C23H26ClN3O5S. The third-order valence-corrected chi connectivity index (χ3v) is 6.12. The molecule has 0 aliphatic heterocycles. The van der Waals surface area contributed by atoms with E-state index < -0.39 is 15.7 Å². The average molecular weight is 492 g/mol. The highest BCUT2D eigenvalue weighted by atomic mass is 35.5. The van der Waals surface area contributed by atoms with Crippen LogP contribution in [0, 0.1) is 0 Å². The highest BCUT2D eigenvalue weighted by Crippen LogP contribution is 2.28. The minimum atomic E-state index is -3.78. The topological polar surface area (TPSA) is 115 Å². The highest BCUT2D eigenvalue weighted by Gasteiger charge is 2.23. The molecule has 0 aliphatic rings. The second kappa shape index (κ2) is 9.58. The van der Waals surface area contributed by atoms with Crippen molar-refractivity contribution in [1.82, 2.24) is 10.3 Å². The maximum Gasteiger partial charge on any atom is 0.254 e. The number of aromatic amines is 1. The van der Waals surface area contributed by atoms with E-state index in [2.05, 4.69) is 16.4 Å². The van der Waals surface area contributed by atoms with Gasteiger partial charge in [0.1, 0.15) is 18.1 Å². The van der Waals surface area contributed by atoms with E-state index in [4.69, 9.17) is 4.74 Å². The first-order chi connectivity index (χ1) is 15.1. The largest absolute Gasteiger partial charge is 0.492 e. The average Bonchev–Trinajstić information content (AvgIpc) is 3.13. The molecule has 3 aromatic carbocycles. The predicted molar refractivity (Wildman–Crippen MR) is 132 cm³/mol. The zero-order chi connectivity index (χ0) is 22.9. The van der Waals surface area contributed by atoms with E-state index in [1.54, 1.807) is 19.1 Å². The number of aromatic nitrogens is 1. The zero-order valence-electron chi connectivity index (χ0n) is 18.1. The predicted octanol–water partition coefficient (Wildman–Crippen LogP) is 3.73. The molecule has 10 heteroatoms. The van der Waals surface area contributed by atoms with Gasteiger partial charge in [-0.15, -0.1) is 16.9 Å². The van der Waals surface area contributed by atoms with Crippen LogP contribution in [-0.2, 0) is 15.7 Å². The van der Waals surface area contributed by atoms with Crippen molar-refractivity contribution in [3.8, 4) is 5.75 Å². The van der Waals surface area contributed by atoms with E-state index in [-0.39, 0.29) is 22.6 Å². The summed E-state index contributed by atoms with van der Waals surface area (Å²) in [7, 11) is -3.78. The number of H-pyrrole nitrogens is 1. The van der Waals surface area contributed by atoms with Gasteiger partial charge in [0, 0.05) is 28.9 Å². The Morgan fingerprint density at radius 2 is 1.70 bits per heavy atom. The van der Waals surface area contributed by atoms with Crippen LogP contribution in [0.3, 0.4) is 0 Å². The van der Waals surface area contributed by atoms with Gasteiger partial charge in [-0.3, -0.25) is 10.5 Å². The molecular weight excluding hydrogens is 466 g/mol. The van der Waals surface area contributed by atoms with Gasteiger partial charge in [0.15, 0.2) is 0 Å². The molecule has 4 rings (SSSR count). The fourth-order valence-corrected chi connectivity index (χ4v) is 4.10. The molecule has 0 radical (unpaired) electrons. The Labute approximate surface area is 198 Å². The van der Waals surface area contributed by atoms with Crippen molar-refractivity contribution in [1.29, 1.82) is 0 Å². The van der Waals surface area contributed by atoms with Gasteiger partial charge >= 0.3 is 0 Å². The zero-order valence-corrected chi connectivity index (χ0v) is 19.8. The summed E-state index contributed by atoms with van der Waals surface area (Å²) in [6.45, 7) is 2.29. The lowest BCUT2D eigenvalue weighted by molar-refractivity contribution is 0.0169. The Balaban J connectivity index is 0.00000306. The SMILES string of the molecule is C[C@](O)(NCCOc1ccc2c(c1)[nH]c1ccccc12)c1ccc(N(O)S(C)(=O)=O)cc1.Cl. The van der Waals surface area contributed by atoms with Crippen LogP contribution in [0.1, 0.15) is 12.5 Å². The molecule has 176 valence electrons. The summed E-state index contributed by atoms with van der Waals surface area (Å²) >= 11 is 0. The van der Waals surface area contributed by atoms with Crippen LogP contribution >= 0.6 is 12.4 Å². The molecule has 0 aliphatic carbocycles. The number of benzene rings is 3. The Kier molecular flexibility index (Phi) is 7.20. The van der Waals surface area contributed by atoms with E-state index in [1.807, 2.05) is 36.4 Å². The highest BCUT2D eigenvalue weighted by molar-refractivity contribution is 7.91. The standard InChI is InChI=1S/C23H25N3O5S.ClH/c1-23(27,16-7-9-17(10-8-16)26(28)32(2,29)30)24-13-14-31-18-11-12-20-19-5-3-4-6-21(19)25-22(20)15-18;/h3-12,15,24-25,27-28H,13-14H2,1-2H3;1H/t23-;/m1./s1. The fraction of sp³-hybridized carbons (Fsp3) is 0.217. The molecule has 0 fully saturated rings. The summed E-state index contributed by atoms with van der Waals surface area (Å²) < 4.78 is 28.9. The van der Waals surface area contributed by atoms with Crippen molar-refractivity contribution in [2.45, 2.75) is 12.6 Å². The third kappa shape index (κ3) is 5.40. The Morgan fingerprint density at radius 1 is 1.03 bits per heavy atom. The second-order valence-electron chi connectivity index (χ2n) is 7.78. The van der Waals surface area contributed by atoms with Crippen molar-refractivity contribution >= 4 is 49.9 Å². The first-order valence-electron chi connectivity index (χ1n) is 10.1. The van der Waals surface area contributed by atoms with Crippen molar-refractivity contribution in [3.63, 3.8) is 0 Å². The van der Waals surface area contributed by atoms with Crippen LogP contribution in [0.2, 0.25) is 0 Å². The Morgan fingerprint density at radius 3 is 2.39 bits per heavy atom. The molecule has 0 amide bonds. The first kappa shape index (κ1) is 24.8. The van der Waals surface area contributed by atoms with E-state index in [9.17, 15) is 18.7 Å². The fourth-order valence-electron chi connectivity index (χ4n) is 3.59. The number of nitrogens with one attached hydrogen (secondary N) is 2. The maximum absolute atomic E-state index is 11.4. The molecule has 1 heterocycles. The van der Waals surface area contributed by atoms with Crippen LogP contribution in [0.5, 0.6) is 5.75 Å². The minimum Gasteiger partial charge on any atom is -0.492 e. The van der Waals surface area contributed by atoms with Crippen molar-refractivity contribution in [3.05, 3.63) is 72.3 Å². The number of ether oxygens (including phenoxy) is 1. The smallest absolute Gasteiger partial charge is 0.254 e. The van der Waals surface area contributed by atoms with E-state index >= 15 is 0 Å². The monoisotopic (exact) mass is 491 g/mol. The number of hydrogen-bond acceptors (Lipinski definition) is 6. The van der Waals surface area contributed by atoms with Crippen molar-refractivity contribution < 1.29 is 23.5 Å². The van der Waals surface area contributed by atoms with Gasteiger partial charge in [0.2, 0.25) is 0 Å². The summed E-state index contributed by atoms with van der Waals surface area (Å²) in [5.41, 5.74) is 1.31. The summed E-state index contributed by atoms with van der Waals surface area (Å²) in [6.07, 6.45) is 0.897. The number of nitrogens with zero attached hydrogens (tertiary/aromatic N) is 1. The molecule has 0 bridgehead atoms. The number of hydrogen-bond donors (Lipinski definition) is 4. The number of rotatable bonds is 8. The van der Waals surface area contributed by atoms with Gasteiger partial charge in [-0.2, -0.15) is 0 Å². The minimum absolute atomic E-state index is 0. The Hall–Kier alpha value is -2.82. The molecule has 33 heavy (non-hydrogen) atoms.